The van der Waals surface area contributed by atoms with Crippen LogP contribution in [-0.2, 0) is 0 Å². The minimum absolute atomic E-state index is 0.666. The molecule has 0 bridgehead atoms. The van der Waals surface area contributed by atoms with Crippen molar-refractivity contribution in [2.45, 2.75) is 33.7 Å². The minimum atomic E-state index is 0.666. The quantitative estimate of drug-likeness (QED) is 0.834. The Morgan fingerprint density at radius 2 is 1.81 bits per heavy atom. The summed E-state index contributed by atoms with van der Waals surface area (Å²) < 4.78 is 0. The summed E-state index contributed by atoms with van der Waals surface area (Å²) in [6, 6.07) is 2.70. The van der Waals surface area contributed by atoms with Crippen molar-refractivity contribution in [3.05, 3.63) is 12.3 Å². The zero-order chi connectivity index (χ0) is 12.0. The molecule has 0 atom stereocenters. The molecular formula is C12H24N4. The average molecular weight is 224 g/mol. The summed E-state index contributed by atoms with van der Waals surface area (Å²) in [5, 5.41) is 6.98. The van der Waals surface area contributed by atoms with Crippen molar-refractivity contribution in [3.63, 3.8) is 0 Å². The highest BCUT2D eigenvalue weighted by atomic mass is 15.3. The van der Waals surface area contributed by atoms with Crippen LogP contribution < -0.4 is 4.90 Å². The minimum Gasteiger partial charge on any atom is -0.354 e. The van der Waals surface area contributed by atoms with Crippen LogP contribution in [0.15, 0.2) is 12.3 Å². The standard InChI is InChI=1S/C10H18N4.C2H6/c1-9(2)13-5-7-14(8-6-13)10-3-4-11-12-10;1-2/h3-4,9H,5-8H2,1-2H3,(H,11,12);1-2H3. The molecule has 4 nitrogen and oxygen atoms in total. The summed E-state index contributed by atoms with van der Waals surface area (Å²) in [6.07, 6.45) is 1.81. The van der Waals surface area contributed by atoms with Gasteiger partial charge in [-0.25, -0.2) is 0 Å². The topological polar surface area (TPSA) is 35.2 Å². The Kier molecular flexibility index (Phi) is 5.32. The van der Waals surface area contributed by atoms with Gasteiger partial charge in [0.25, 0.3) is 0 Å². The molecule has 0 aromatic carbocycles. The average Bonchev–Trinajstić information content (AvgIpc) is 2.85. The normalized spacial score (nSPS) is 17.2. The highest BCUT2D eigenvalue weighted by Crippen LogP contribution is 2.13. The third-order valence-electron chi connectivity index (χ3n) is 2.87. The van der Waals surface area contributed by atoms with Crippen LogP contribution in [0.3, 0.4) is 0 Å². The van der Waals surface area contributed by atoms with Gasteiger partial charge in [-0.3, -0.25) is 10.00 Å². The maximum atomic E-state index is 3.97. The SMILES string of the molecule is CC.CC(C)N1CCN(c2ccn[nH]2)CC1. The largest absolute Gasteiger partial charge is 0.354 e. The predicted molar refractivity (Wildman–Crippen MR) is 68.9 cm³/mol. The molecule has 0 radical (unpaired) electrons. The molecule has 1 fully saturated rings. The number of hydrogen-bond donors (Lipinski definition) is 1. The van der Waals surface area contributed by atoms with Gasteiger partial charge in [-0.15, -0.1) is 0 Å². The van der Waals surface area contributed by atoms with Crippen LogP contribution >= 0.6 is 0 Å². The van der Waals surface area contributed by atoms with Crippen LogP contribution in [0, 0.1) is 0 Å². The van der Waals surface area contributed by atoms with Gasteiger partial charge >= 0.3 is 0 Å². The van der Waals surface area contributed by atoms with Crippen molar-refractivity contribution in [3.8, 4) is 0 Å². The number of aromatic amines is 1. The lowest BCUT2D eigenvalue weighted by molar-refractivity contribution is 0.209. The van der Waals surface area contributed by atoms with Crippen molar-refractivity contribution in [2.75, 3.05) is 31.1 Å². The first kappa shape index (κ1) is 13.0. The molecule has 2 rings (SSSR count). The van der Waals surface area contributed by atoms with Crippen molar-refractivity contribution >= 4 is 5.82 Å². The maximum absolute atomic E-state index is 3.97. The van der Waals surface area contributed by atoms with E-state index in [0.717, 1.165) is 32.0 Å². The second-order valence-electron chi connectivity index (χ2n) is 4.06. The Morgan fingerprint density at radius 3 is 2.25 bits per heavy atom. The Morgan fingerprint density at radius 1 is 1.19 bits per heavy atom. The van der Waals surface area contributed by atoms with Gasteiger partial charge in [0.15, 0.2) is 0 Å². The van der Waals surface area contributed by atoms with Gasteiger partial charge in [0.2, 0.25) is 0 Å². The lowest BCUT2D eigenvalue weighted by Gasteiger charge is -2.37. The summed E-state index contributed by atoms with van der Waals surface area (Å²) in [5.74, 6) is 1.15. The second kappa shape index (κ2) is 6.53. The van der Waals surface area contributed by atoms with Crippen molar-refractivity contribution < 1.29 is 0 Å². The summed E-state index contributed by atoms with van der Waals surface area (Å²) in [6.45, 7) is 13.0. The summed E-state index contributed by atoms with van der Waals surface area (Å²) in [4.78, 5) is 4.86. The van der Waals surface area contributed by atoms with E-state index in [2.05, 4.69) is 33.8 Å². The Balaban J connectivity index is 0.000000606. The molecule has 0 spiro atoms. The van der Waals surface area contributed by atoms with E-state index in [1.54, 1.807) is 0 Å². The molecule has 0 unspecified atom stereocenters. The van der Waals surface area contributed by atoms with Gasteiger partial charge < -0.3 is 4.90 Å². The third kappa shape index (κ3) is 3.23. The molecule has 1 N–H and O–H groups in total. The van der Waals surface area contributed by atoms with Gasteiger partial charge in [0, 0.05) is 38.3 Å². The van der Waals surface area contributed by atoms with Gasteiger partial charge in [-0.2, -0.15) is 5.10 Å². The zero-order valence-corrected chi connectivity index (χ0v) is 10.9. The van der Waals surface area contributed by atoms with Gasteiger partial charge in [-0.1, -0.05) is 13.8 Å². The highest BCUT2D eigenvalue weighted by molar-refractivity contribution is 5.36. The molecule has 1 aromatic rings. The molecule has 0 aliphatic carbocycles. The predicted octanol–water partition coefficient (Wildman–Crippen LogP) is 1.97. The van der Waals surface area contributed by atoms with Gasteiger partial charge in [0.1, 0.15) is 5.82 Å². The van der Waals surface area contributed by atoms with Crippen LogP contribution in [-0.4, -0.2) is 47.3 Å². The van der Waals surface area contributed by atoms with E-state index in [-0.39, 0.29) is 0 Å². The van der Waals surface area contributed by atoms with E-state index in [1.165, 1.54) is 0 Å². The molecule has 4 heteroatoms. The number of H-pyrrole nitrogens is 1. The lowest BCUT2D eigenvalue weighted by Crippen LogP contribution is -2.49. The van der Waals surface area contributed by atoms with Crippen molar-refractivity contribution in [1.82, 2.24) is 15.1 Å². The molecule has 92 valence electrons. The summed E-state index contributed by atoms with van der Waals surface area (Å²) >= 11 is 0. The molecule has 0 saturated carbocycles. The Labute approximate surface area is 98.6 Å². The van der Waals surface area contributed by atoms with Gasteiger partial charge in [0.05, 0.1) is 6.20 Å². The number of anilines is 1. The summed E-state index contributed by atoms with van der Waals surface area (Å²) in [5.41, 5.74) is 0. The van der Waals surface area contributed by atoms with E-state index in [1.807, 2.05) is 26.1 Å². The number of nitrogens with one attached hydrogen (secondary N) is 1. The fraction of sp³-hybridized carbons (Fsp3) is 0.750. The van der Waals surface area contributed by atoms with Crippen LogP contribution in [0.25, 0.3) is 0 Å². The number of nitrogens with zero attached hydrogens (tertiary/aromatic N) is 3. The lowest BCUT2D eigenvalue weighted by atomic mass is 10.2. The molecular weight excluding hydrogens is 200 g/mol. The monoisotopic (exact) mass is 224 g/mol. The fourth-order valence-corrected chi connectivity index (χ4v) is 1.90. The molecule has 16 heavy (non-hydrogen) atoms. The Bertz CT molecular complexity index is 261. The van der Waals surface area contributed by atoms with Crippen LogP contribution in [0.5, 0.6) is 0 Å². The number of piperazine rings is 1. The second-order valence-corrected chi connectivity index (χ2v) is 4.06. The number of aromatic nitrogens is 2. The molecule has 2 heterocycles. The van der Waals surface area contributed by atoms with E-state index >= 15 is 0 Å². The van der Waals surface area contributed by atoms with Crippen molar-refractivity contribution in [2.24, 2.45) is 0 Å². The summed E-state index contributed by atoms with van der Waals surface area (Å²) in [7, 11) is 0. The van der Waals surface area contributed by atoms with E-state index in [4.69, 9.17) is 0 Å². The van der Waals surface area contributed by atoms with Crippen molar-refractivity contribution in [1.29, 1.82) is 0 Å². The number of rotatable bonds is 2. The van der Waals surface area contributed by atoms with E-state index in [0.29, 0.717) is 6.04 Å². The molecule has 1 aromatic heterocycles. The highest BCUT2D eigenvalue weighted by Gasteiger charge is 2.19. The maximum Gasteiger partial charge on any atom is 0.124 e. The molecule has 1 aliphatic rings. The molecule has 1 saturated heterocycles. The van der Waals surface area contributed by atoms with Crippen LogP contribution in [0.4, 0.5) is 5.82 Å². The first-order valence-corrected chi connectivity index (χ1v) is 6.26. The molecule has 1 aliphatic heterocycles. The number of hydrogen-bond acceptors (Lipinski definition) is 3. The first-order valence-electron chi connectivity index (χ1n) is 6.26. The third-order valence-corrected chi connectivity index (χ3v) is 2.87. The molecule has 0 amide bonds. The first-order chi connectivity index (χ1) is 7.77. The van der Waals surface area contributed by atoms with E-state index < -0.39 is 0 Å². The zero-order valence-electron chi connectivity index (χ0n) is 10.9. The Hall–Kier alpha value is -1.03. The van der Waals surface area contributed by atoms with Crippen LogP contribution in [0.1, 0.15) is 27.7 Å². The van der Waals surface area contributed by atoms with Crippen LogP contribution in [0.2, 0.25) is 0 Å². The van der Waals surface area contributed by atoms with E-state index in [9.17, 15) is 0 Å². The van der Waals surface area contributed by atoms with Gasteiger partial charge in [-0.05, 0) is 13.8 Å². The smallest absolute Gasteiger partial charge is 0.124 e. The fourth-order valence-electron chi connectivity index (χ4n) is 1.90.